The third-order valence-corrected chi connectivity index (χ3v) is 5.98. The summed E-state index contributed by atoms with van der Waals surface area (Å²) in [4.78, 5) is 12.1. The topological polar surface area (TPSA) is 79.4 Å². The second-order valence-corrected chi connectivity index (χ2v) is 8.24. The average Bonchev–Trinajstić information content (AvgIpc) is 3.54. The van der Waals surface area contributed by atoms with E-state index < -0.39 is 24.6 Å². The normalized spacial score (nSPS) is 18.9. The van der Waals surface area contributed by atoms with Crippen LogP contribution in [0.1, 0.15) is 60.2 Å². The molecule has 1 saturated carbocycles. The van der Waals surface area contributed by atoms with Crippen molar-refractivity contribution in [2.45, 2.75) is 50.9 Å². The van der Waals surface area contributed by atoms with Crippen LogP contribution in [0.25, 0.3) is 22.2 Å². The summed E-state index contributed by atoms with van der Waals surface area (Å²) < 4.78 is 53.1. The summed E-state index contributed by atoms with van der Waals surface area (Å²) in [5, 5.41) is 5.14. The van der Waals surface area contributed by atoms with Gasteiger partial charge in [-0.05, 0) is 73.9 Å². The Morgan fingerprint density at radius 2 is 2.00 bits per heavy atom. The molecule has 0 radical (unpaired) electrons. The molecule has 1 unspecified atom stereocenters. The lowest BCUT2D eigenvalue weighted by Crippen LogP contribution is -2.19. The fourth-order valence-corrected chi connectivity index (χ4v) is 4.35. The Hall–Kier alpha value is -3.07. The standard InChI is InChI=1S/C23H22F3N3O3/c24-14-6-7-15(22(27)30)16(11-14)20-17-9-13(12-4-5-12)10-18(32-23(25)26)21(17)29(28-20)19-3-1-2-8-31-19/h6-7,9-12,19,23H,1-5,8H2,(H2,27,30). The van der Waals surface area contributed by atoms with Crippen molar-refractivity contribution in [2.24, 2.45) is 5.73 Å². The van der Waals surface area contributed by atoms with Gasteiger partial charge in [-0.2, -0.15) is 13.9 Å². The molecule has 6 nitrogen and oxygen atoms in total. The van der Waals surface area contributed by atoms with E-state index >= 15 is 0 Å². The first kappa shape index (κ1) is 20.8. The Labute approximate surface area is 182 Å². The molecule has 1 saturated heterocycles. The van der Waals surface area contributed by atoms with E-state index in [-0.39, 0.29) is 28.5 Å². The van der Waals surface area contributed by atoms with Crippen LogP contribution in [0.3, 0.4) is 0 Å². The lowest BCUT2D eigenvalue weighted by atomic mass is 9.99. The summed E-state index contributed by atoms with van der Waals surface area (Å²) in [6, 6.07) is 7.12. The molecule has 2 fully saturated rings. The number of nitrogens with two attached hydrogens (primary N) is 1. The van der Waals surface area contributed by atoms with Gasteiger partial charge in [0.25, 0.3) is 0 Å². The van der Waals surface area contributed by atoms with Gasteiger partial charge in [0, 0.05) is 23.1 Å². The first-order valence-electron chi connectivity index (χ1n) is 10.6. The van der Waals surface area contributed by atoms with Gasteiger partial charge in [-0.15, -0.1) is 0 Å². The Bertz CT molecular complexity index is 1180. The van der Waals surface area contributed by atoms with Crippen LogP contribution in [0.4, 0.5) is 13.2 Å². The van der Waals surface area contributed by atoms with E-state index in [1.165, 1.54) is 16.8 Å². The molecule has 2 N–H and O–H groups in total. The number of amides is 1. The van der Waals surface area contributed by atoms with Gasteiger partial charge in [0.05, 0.1) is 0 Å². The summed E-state index contributed by atoms with van der Waals surface area (Å²) in [7, 11) is 0. The average molecular weight is 445 g/mol. The van der Waals surface area contributed by atoms with Crippen LogP contribution in [0.15, 0.2) is 30.3 Å². The summed E-state index contributed by atoms with van der Waals surface area (Å²) >= 11 is 0. The van der Waals surface area contributed by atoms with Crippen molar-refractivity contribution >= 4 is 16.8 Å². The first-order chi connectivity index (χ1) is 15.4. The fourth-order valence-electron chi connectivity index (χ4n) is 4.35. The number of rotatable bonds is 6. The summed E-state index contributed by atoms with van der Waals surface area (Å²) in [5.74, 6) is -1.07. The fraction of sp³-hybridized carbons (Fsp3) is 0.391. The highest BCUT2D eigenvalue weighted by atomic mass is 19.3. The zero-order chi connectivity index (χ0) is 22.4. The number of primary amides is 1. The first-order valence-corrected chi connectivity index (χ1v) is 10.6. The Balaban J connectivity index is 1.81. The predicted molar refractivity (Wildman–Crippen MR) is 111 cm³/mol. The van der Waals surface area contributed by atoms with Crippen molar-refractivity contribution in [3.8, 4) is 17.0 Å². The van der Waals surface area contributed by atoms with E-state index in [0.717, 1.165) is 37.3 Å². The molecule has 2 aliphatic rings. The number of carbonyl (C=O) groups is 1. The minimum atomic E-state index is -3.03. The van der Waals surface area contributed by atoms with Crippen LogP contribution in [0, 0.1) is 5.82 Å². The molecule has 1 aromatic heterocycles. The minimum Gasteiger partial charge on any atom is -0.433 e. The summed E-state index contributed by atoms with van der Waals surface area (Å²) in [5.41, 5.74) is 7.28. The van der Waals surface area contributed by atoms with Gasteiger partial charge in [0.15, 0.2) is 12.0 Å². The van der Waals surface area contributed by atoms with E-state index in [1.807, 2.05) is 6.07 Å². The monoisotopic (exact) mass is 445 g/mol. The van der Waals surface area contributed by atoms with Gasteiger partial charge in [-0.1, -0.05) is 0 Å². The molecule has 0 bridgehead atoms. The molecular weight excluding hydrogens is 423 g/mol. The Morgan fingerprint density at radius 3 is 2.66 bits per heavy atom. The molecule has 1 atom stereocenters. The third kappa shape index (κ3) is 3.81. The lowest BCUT2D eigenvalue weighted by molar-refractivity contribution is -0.0517. The smallest absolute Gasteiger partial charge is 0.387 e. The van der Waals surface area contributed by atoms with E-state index in [1.54, 1.807) is 6.07 Å². The second kappa shape index (κ2) is 8.12. The number of benzene rings is 2. The van der Waals surface area contributed by atoms with Gasteiger partial charge in [-0.3, -0.25) is 4.79 Å². The number of carbonyl (C=O) groups excluding carboxylic acids is 1. The van der Waals surface area contributed by atoms with Crippen LogP contribution < -0.4 is 10.5 Å². The number of halogens is 3. The SMILES string of the molecule is NC(=O)c1ccc(F)cc1-c1nn(C2CCCCO2)c2c(OC(F)F)cc(C3CC3)cc12. The zero-order valence-electron chi connectivity index (χ0n) is 17.2. The molecular formula is C23H22F3N3O3. The van der Waals surface area contributed by atoms with Crippen LogP contribution in [-0.4, -0.2) is 28.9 Å². The second-order valence-electron chi connectivity index (χ2n) is 8.24. The number of ether oxygens (including phenoxy) is 2. The molecule has 2 heterocycles. The van der Waals surface area contributed by atoms with Crippen LogP contribution in [0.5, 0.6) is 5.75 Å². The lowest BCUT2D eigenvalue weighted by Gasteiger charge is -2.24. The van der Waals surface area contributed by atoms with Crippen molar-refractivity contribution in [1.82, 2.24) is 9.78 Å². The molecule has 3 aromatic rings. The molecule has 168 valence electrons. The van der Waals surface area contributed by atoms with Crippen LogP contribution in [0.2, 0.25) is 0 Å². The molecule has 2 aromatic carbocycles. The van der Waals surface area contributed by atoms with Crippen molar-refractivity contribution < 1.29 is 27.4 Å². The van der Waals surface area contributed by atoms with Crippen molar-refractivity contribution in [3.63, 3.8) is 0 Å². The molecule has 1 aliphatic carbocycles. The Kier molecular flexibility index (Phi) is 5.28. The maximum absolute atomic E-state index is 14.2. The summed E-state index contributed by atoms with van der Waals surface area (Å²) in [6.45, 7) is -2.51. The molecule has 1 aliphatic heterocycles. The van der Waals surface area contributed by atoms with E-state index in [0.29, 0.717) is 23.9 Å². The van der Waals surface area contributed by atoms with E-state index in [4.69, 9.17) is 15.2 Å². The van der Waals surface area contributed by atoms with Crippen LogP contribution >= 0.6 is 0 Å². The van der Waals surface area contributed by atoms with Gasteiger partial charge in [-0.25, -0.2) is 9.07 Å². The summed E-state index contributed by atoms with van der Waals surface area (Å²) in [6.07, 6.45) is 3.82. The van der Waals surface area contributed by atoms with Crippen molar-refractivity contribution in [2.75, 3.05) is 6.61 Å². The molecule has 5 rings (SSSR count). The van der Waals surface area contributed by atoms with Crippen molar-refractivity contribution in [3.05, 3.63) is 47.3 Å². The van der Waals surface area contributed by atoms with Gasteiger partial charge >= 0.3 is 6.61 Å². The van der Waals surface area contributed by atoms with E-state index in [9.17, 15) is 18.0 Å². The van der Waals surface area contributed by atoms with Gasteiger partial charge in [0.1, 0.15) is 17.0 Å². The van der Waals surface area contributed by atoms with Crippen LogP contribution in [-0.2, 0) is 4.74 Å². The van der Waals surface area contributed by atoms with Gasteiger partial charge < -0.3 is 15.2 Å². The number of fused-ring (bicyclic) bond motifs is 1. The number of aromatic nitrogens is 2. The van der Waals surface area contributed by atoms with Crippen molar-refractivity contribution in [1.29, 1.82) is 0 Å². The highest BCUT2D eigenvalue weighted by Gasteiger charge is 2.30. The van der Waals surface area contributed by atoms with E-state index in [2.05, 4.69) is 5.10 Å². The maximum atomic E-state index is 14.2. The molecule has 0 spiro atoms. The van der Waals surface area contributed by atoms with Gasteiger partial charge in [0.2, 0.25) is 5.91 Å². The zero-order valence-corrected chi connectivity index (χ0v) is 17.2. The molecule has 9 heteroatoms. The Morgan fingerprint density at radius 1 is 1.19 bits per heavy atom. The highest BCUT2D eigenvalue weighted by molar-refractivity contribution is 6.05. The minimum absolute atomic E-state index is 0.00986. The number of hydrogen-bond acceptors (Lipinski definition) is 4. The number of nitrogens with zero attached hydrogens (tertiary/aromatic N) is 2. The highest BCUT2D eigenvalue weighted by Crippen LogP contribution is 2.46. The largest absolute Gasteiger partial charge is 0.433 e. The molecule has 1 amide bonds. The quantitative estimate of drug-likeness (QED) is 0.571. The number of hydrogen-bond donors (Lipinski definition) is 1. The number of alkyl halides is 2. The molecule has 32 heavy (non-hydrogen) atoms. The predicted octanol–water partition coefficient (Wildman–Crippen LogP) is 5.12. The third-order valence-electron chi connectivity index (χ3n) is 5.98. The maximum Gasteiger partial charge on any atom is 0.387 e.